The zero-order valence-electron chi connectivity index (χ0n) is 12.4. The van der Waals surface area contributed by atoms with Crippen LogP contribution in [0.2, 0.25) is 0 Å². The number of hydrogen-bond acceptors (Lipinski definition) is 5. The van der Waals surface area contributed by atoms with Crippen LogP contribution in [0.1, 0.15) is 51.3 Å². The first-order chi connectivity index (χ1) is 9.78. The average molecular weight is 278 g/mol. The number of ether oxygens (including phenoxy) is 1. The monoisotopic (exact) mass is 278 g/mol. The Bertz CT molecular complexity index is 405. The molecule has 0 aromatic carbocycles. The van der Waals surface area contributed by atoms with Gasteiger partial charge in [0.25, 0.3) is 0 Å². The van der Waals surface area contributed by atoms with Crippen molar-refractivity contribution in [2.24, 2.45) is 5.92 Å². The van der Waals surface area contributed by atoms with E-state index in [9.17, 15) is 0 Å². The van der Waals surface area contributed by atoms with Crippen LogP contribution in [0, 0.1) is 5.92 Å². The third-order valence-electron chi connectivity index (χ3n) is 3.81. The van der Waals surface area contributed by atoms with Gasteiger partial charge in [0.2, 0.25) is 0 Å². The molecule has 1 saturated carbocycles. The van der Waals surface area contributed by atoms with Gasteiger partial charge in [-0.15, -0.1) is 0 Å². The van der Waals surface area contributed by atoms with Gasteiger partial charge in [-0.25, -0.2) is 9.97 Å². The van der Waals surface area contributed by atoms with Gasteiger partial charge in [0.05, 0.1) is 0 Å². The molecule has 5 heteroatoms. The minimum Gasteiger partial charge on any atom is -0.384 e. The van der Waals surface area contributed by atoms with E-state index in [4.69, 9.17) is 10.5 Å². The first-order valence-electron chi connectivity index (χ1n) is 7.73. The summed E-state index contributed by atoms with van der Waals surface area (Å²) in [7, 11) is 0. The van der Waals surface area contributed by atoms with Crippen LogP contribution in [-0.2, 0) is 11.3 Å². The summed E-state index contributed by atoms with van der Waals surface area (Å²) in [5.41, 5.74) is 5.80. The predicted octanol–water partition coefficient (Wildman–Crippen LogP) is 2.98. The summed E-state index contributed by atoms with van der Waals surface area (Å²) in [4.78, 5) is 8.60. The highest BCUT2D eigenvalue weighted by Gasteiger charge is 2.12. The molecule has 1 aromatic heterocycles. The third-order valence-corrected chi connectivity index (χ3v) is 3.81. The molecule has 2 rings (SSSR count). The fourth-order valence-corrected chi connectivity index (χ4v) is 2.75. The van der Waals surface area contributed by atoms with Gasteiger partial charge in [0.15, 0.2) is 5.82 Å². The summed E-state index contributed by atoms with van der Waals surface area (Å²) < 4.78 is 5.32. The zero-order valence-corrected chi connectivity index (χ0v) is 12.4. The highest BCUT2D eigenvalue weighted by molar-refractivity contribution is 5.44. The smallest absolute Gasteiger partial charge is 0.158 e. The number of rotatable bonds is 7. The molecule has 0 amide bonds. The fraction of sp³-hybridized carbons (Fsp3) is 0.733. The highest BCUT2D eigenvalue weighted by Crippen LogP contribution is 2.26. The molecule has 1 aliphatic carbocycles. The van der Waals surface area contributed by atoms with Crippen molar-refractivity contribution in [3.8, 4) is 0 Å². The van der Waals surface area contributed by atoms with E-state index in [0.717, 1.165) is 18.3 Å². The fourth-order valence-electron chi connectivity index (χ4n) is 2.75. The molecule has 1 aliphatic rings. The van der Waals surface area contributed by atoms with Gasteiger partial charge in [-0.05, 0) is 19.3 Å². The van der Waals surface area contributed by atoms with Crippen molar-refractivity contribution in [2.75, 3.05) is 24.2 Å². The SMILES string of the molecule is CCOCc1nc(N)cc(NCCC2CCCCC2)n1. The molecular formula is C15H26N4O. The first kappa shape index (κ1) is 15.0. The zero-order chi connectivity index (χ0) is 14.2. The summed E-state index contributed by atoms with van der Waals surface area (Å²) in [6.07, 6.45) is 8.16. The Kier molecular flexibility index (Phi) is 6.05. The normalized spacial score (nSPS) is 16.2. The van der Waals surface area contributed by atoms with E-state index in [-0.39, 0.29) is 0 Å². The van der Waals surface area contributed by atoms with Gasteiger partial charge < -0.3 is 15.8 Å². The first-order valence-corrected chi connectivity index (χ1v) is 7.73. The molecule has 1 aromatic rings. The molecule has 1 fully saturated rings. The molecule has 1 heterocycles. The lowest BCUT2D eigenvalue weighted by molar-refractivity contribution is 0.128. The van der Waals surface area contributed by atoms with Crippen molar-refractivity contribution < 1.29 is 4.74 Å². The highest BCUT2D eigenvalue weighted by atomic mass is 16.5. The molecule has 20 heavy (non-hydrogen) atoms. The summed E-state index contributed by atoms with van der Waals surface area (Å²) >= 11 is 0. The third kappa shape index (κ3) is 4.96. The largest absolute Gasteiger partial charge is 0.384 e. The summed E-state index contributed by atoms with van der Waals surface area (Å²) in [5, 5.41) is 3.36. The summed E-state index contributed by atoms with van der Waals surface area (Å²) in [6.45, 7) is 3.98. The van der Waals surface area contributed by atoms with E-state index < -0.39 is 0 Å². The van der Waals surface area contributed by atoms with E-state index in [1.807, 2.05) is 6.92 Å². The molecule has 0 bridgehead atoms. The number of nitrogens with one attached hydrogen (secondary N) is 1. The van der Waals surface area contributed by atoms with Gasteiger partial charge in [0, 0.05) is 19.2 Å². The van der Waals surface area contributed by atoms with E-state index in [0.29, 0.717) is 24.9 Å². The molecular weight excluding hydrogens is 252 g/mol. The van der Waals surface area contributed by atoms with Gasteiger partial charge in [-0.3, -0.25) is 0 Å². The molecule has 0 spiro atoms. The Morgan fingerprint density at radius 1 is 1.30 bits per heavy atom. The van der Waals surface area contributed by atoms with Crippen LogP contribution in [0.15, 0.2) is 6.07 Å². The van der Waals surface area contributed by atoms with Crippen molar-refractivity contribution in [3.63, 3.8) is 0 Å². The Balaban J connectivity index is 1.80. The minimum absolute atomic E-state index is 0.416. The number of nitrogen functional groups attached to an aromatic ring is 1. The molecule has 0 saturated heterocycles. The van der Waals surface area contributed by atoms with Gasteiger partial charge in [-0.2, -0.15) is 0 Å². The average Bonchev–Trinajstić information content (AvgIpc) is 2.46. The Morgan fingerprint density at radius 2 is 2.10 bits per heavy atom. The van der Waals surface area contributed by atoms with E-state index in [1.165, 1.54) is 38.5 Å². The van der Waals surface area contributed by atoms with Crippen LogP contribution in [0.25, 0.3) is 0 Å². The van der Waals surface area contributed by atoms with Crippen LogP contribution in [-0.4, -0.2) is 23.1 Å². The van der Waals surface area contributed by atoms with Gasteiger partial charge in [-0.1, -0.05) is 32.1 Å². The van der Waals surface area contributed by atoms with Crippen molar-refractivity contribution >= 4 is 11.6 Å². The predicted molar refractivity (Wildman–Crippen MR) is 81.5 cm³/mol. The molecule has 0 atom stereocenters. The molecule has 112 valence electrons. The lowest BCUT2D eigenvalue weighted by Crippen LogP contribution is -2.13. The molecule has 3 N–H and O–H groups in total. The lowest BCUT2D eigenvalue weighted by atomic mass is 9.87. The summed E-state index contributed by atoms with van der Waals surface area (Å²) in [5.74, 6) is 2.82. The summed E-state index contributed by atoms with van der Waals surface area (Å²) in [6, 6.07) is 1.79. The number of nitrogens with zero attached hydrogens (tertiary/aromatic N) is 2. The maximum atomic E-state index is 5.80. The van der Waals surface area contributed by atoms with Crippen molar-refractivity contribution in [3.05, 3.63) is 11.9 Å². The second kappa shape index (κ2) is 8.04. The number of anilines is 2. The Hall–Kier alpha value is -1.36. The topological polar surface area (TPSA) is 73.1 Å². The van der Waals surface area contributed by atoms with Crippen LogP contribution in [0.4, 0.5) is 11.6 Å². The second-order valence-electron chi connectivity index (χ2n) is 5.45. The second-order valence-corrected chi connectivity index (χ2v) is 5.45. The Morgan fingerprint density at radius 3 is 2.85 bits per heavy atom. The van der Waals surface area contributed by atoms with Crippen LogP contribution in [0.3, 0.4) is 0 Å². The number of hydrogen-bond donors (Lipinski definition) is 2. The number of aromatic nitrogens is 2. The van der Waals surface area contributed by atoms with Crippen LogP contribution < -0.4 is 11.1 Å². The van der Waals surface area contributed by atoms with Crippen LogP contribution >= 0.6 is 0 Å². The van der Waals surface area contributed by atoms with Gasteiger partial charge in [0.1, 0.15) is 18.2 Å². The maximum absolute atomic E-state index is 5.80. The molecule has 0 unspecified atom stereocenters. The standard InChI is InChI=1S/C15H26N4O/c1-2-20-11-15-18-13(16)10-14(19-15)17-9-8-12-6-4-3-5-7-12/h10,12H,2-9,11H2,1H3,(H3,16,17,18,19). The molecule has 5 nitrogen and oxygen atoms in total. The van der Waals surface area contributed by atoms with Crippen molar-refractivity contribution in [2.45, 2.75) is 52.1 Å². The lowest BCUT2D eigenvalue weighted by Gasteiger charge is -2.21. The van der Waals surface area contributed by atoms with Crippen molar-refractivity contribution in [1.82, 2.24) is 9.97 Å². The van der Waals surface area contributed by atoms with Crippen molar-refractivity contribution in [1.29, 1.82) is 0 Å². The van der Waals surface area contributed by atoms with E-state index in [1.54, 1.807) is 6.07 Å². The Labute approximate surface area is 121 Å². The maximum Gasteiger partial charge on any atom is 0.158 e. The minimum atomic E-state index is 0.416. The quantitative estimate of drug-likeness (QED) is 0.802. The number of nitrogens with two attached hydrogens (primary N) is 1. The molecule has 0 radical (unpaired) electrons. The molecule has 0 aliphatic heterocycles. The van der Waals surface area contributed by atoms with Gasteiger partial charge >= 0.3 is 0 Å². The van der Waals surface area contributed by atoms with E-state index in [2.05, 4.69) is 15.3 Å². The van der Waals surface area contributed by atoms with Crippen LogP contribution in [0.5, 0.6) is 0 Å². The van der Waals surface area contributed by atoms with E-state index >= 15 is 0 Å².